The summed E-state index contributed by atoms with van der Waals surface area (Å²) in [5, 5.41) is 17.6. The van der Waals surface area contributed by atoms with Gasteiger partial charge >= 0.3 is 0 Å². The second-order valence-electron chi connectivity index (χ2n) is 2.84. The van der Waals surface area contributed by atoms with E-state index in [0.717, 1.165) is 11.1 Å². The Balaban J connectivity index is 2.73. The summed E-state index contributed by atoms with van der Waals surface area (Å²) in [6.45, 7) is 0.0919. The van der Waals surface area contributed by atoms with E-state index in [9.17, 15) is 0 Å². The Labute approximate surface area is 78.2 Å². The Kier molecular flexibility index (Phi) is 4.23. The summed E-state index contributed by atoms with van der Waals surface area (Å²) in [6.07, 6.45) is 2.43. The van der Waals surface area contributed by atoms with Crippen LogP contribution in [0.3, 0.4) is 0 Å². The SMILES string of the molecule is OCCC(=Cc1ccccc1)CO. The molecule has 70 valence electrons. The second-order valence-corrected chi connectivity index (χ2v) is 2.84. The van der Waals surface area contributed by atoms with Gasteiger partial charge in [-0.25, -0.2) is 0 Å². The van der Waals surface area contributed by atoms with Gasteiger partial charge < -0.3 is 10.2 Å². The lowest BCUT2D eigenvalue weighted by Gasteiger charge is -2.00. The van der Waals surface area contributed by atoms with Crippen molar-refractivity contribution in [2.24, 2.45) is 0 Å². The lowest BCUT2D eigenvalue weighted by molar-refractivity contribution is 0.279. The molecule has 0 aliphatic rings. The molecule has 0 bridgehead atoms. The van der Waals surface area contributed by atoms with Crippen LogP contribution >= 0.6 is 0 Å². The van der Waals surface area contributed by atoms with E-state index < -0.39 is 0 Å². The van der Waals surface area contributed by atoms with Crippen molar-refractivity contribution in [3.05, 3.63) is 41.5 Å². The number of hydrogen-bond acceptors (Lipinski definition) is 2. The average Bonchev–Trinajstić information content (AvgIpc) is 2.19. The molecule has 0 unspecified atom stereocenters. The molecular formula is C11H14O2. The molecule has 0 amide bonds. The van der Waals surface area contributed by atoms with Gasteiger partial charge in [0.25, 0.3) is 0 Å². The van der Waals surface area contributed by atoms with E-state index in [4.69, 9.17) is 10.2 Å². The van der Waals surface area contributed by atoms with Crippen LogP contribution < -0.4 is 0 Å². The predicted octanol–water partition coefficient (Wildman–Crippen LogP) is 1.44. The quantitative estimate of drug-likeness (QED) is 0.732. The molecule has 0 saturated carbocycles. The number of rotatable bonds is 4. The Morgan fingerprint density at radius 1 is 1.15 bits per heavy atom. The van der Waals surface area contributed by atoms with Gasteiger partial charge in [0, 0.05) is 6.61 Å². The molecule has 0 heterocycles. The standard InChI is InChI=1S/C11H14O2/c12-7-6-11(9-13)8-10-4-2-1-3-5-10/h1-5,8,12-13H,6-7,9H2. The first-order valence-electron chi connectivity index (χ1n) is 4.33. The van der Waals surface area contributed by atoms with Crippen LogP contribution in [-0.2, 0) is 0 Å². The predicted molar refractivity (Wildman–Crippen MR) is 53.2 cm³/mol. The Bertz CT molecular complexity index is 265. The molecule has 0 aliphatic heterocycles. The number of aliphatic hydroxyl groups excluding tert-OH is 2. The minimum absolute atomic E-state index is 0.00938. The zero-order valence-electron chi connectivity index (χ0n) is 7.48. The zero-order chi connectivity index (χ0) is 9.52. The van der Waals surface area contributed by atoms with Crippen LogP contribution in [-0.4, -0.2) is 23.4 Å². The Hall–Kier alpha value is -1.12. The lowest BCUT2D eigenvalue weighted by Crippen LogP contribution is -1.93. The summed E-state index contributed by atoms with van der Waals surface area (Å²) in [6, 6.07) is 9.77. The van der Waals surface area contributed by atoms with Gasteiger partial charge in [-0.15, -0.1) is 0 Å². The fourth-order valence-corrected chi connectivity index (χ4v) is 1.13. The molecule has 1 rings (SSSR count). The lowest BCUT2D eigenvalue weighted by atomic mass is 10.1. The maximum Gasteiger partial charge on any atom is 0.0645 e. The summed E-state index contributed by atoms with van der Waals surface area (Å²) < 4.78 is 0. The second kappa shape index (κ2) is 5.51. The molecule has 0 fully saturated rings. The zero-order valence-corrected chi connectivity index (χ0v) is 7.48. The van der Waals surface area contributed by atoms with Crippen molar-refractivity contribution in [2.75, 3.05) is 13.2 Å². The van der Waals surface area contributed by atoms with Crippen LogP contribution in [0.1, 0.15) is 12.0 Å². The van der Waals surface area contributed by atoms with E-state index >= 15 is 0 Å². The van der Waals surface area contributed by atoms with Crippen molar-refractivity contribution < 1.29 is 10.2 Å². The minimum Gasteiger partial charge on any atom is -0.396 e. The third-order valence-electron chi connectivity index (χ3n) is 1.81. The molecule has 0 atom stereocenters. The van der Waals surface area contributed by atoms with Crippen LogP contribution in [0.2, 0.25) is 0 Å². The third-order valence-corrected chi connectivity index (χ3v) is 1.81. The van der Waals surface area contributed by atoms with Gasteiger partial charge in [0.05, 0.1) is 6.61 Å². The van der Waals surface area contributed by atoms with Crippen molar-refractivity contribution in [3.63, 3.8) is 0 Å². The first-order chi connectivity index (χ1) is 6.36. The van der Waals surface area contributed by atoms with Gasteiger partial charge in [0.15, 0.2) is 0 Å². The highest BCUT2D eigenvalue weighted by atomic mass is 16.3. The van der Waals surface area contributed by atoms with Crippen molar-refractivity contribution >= 4 is 6.08 Å². The van der Waals surface area contributed by atoms with Gasteiger partial charge in [0.2, 0.25) is 0 Å². The molecule has 2 N–H and O–H groups in total. The summed E-state index contributed by atoms with van der Waals surface area (Å²) in [7, 11) is 0. The normalized spacial score (nSPS) is 11.7. The van der Waals surface area contributed by atoms with Crippen LogP contribution in [0.4, 0.5) is 0 Å². The molecule has 2 heteroatoms. The first-order valence-corrected chi connectivity index (χ1v) is 4.33. The van der Waals surface area contributed by atoms with Crippen LogP contribution in [0.15, 0.2) is 35.9 Å². The van der Waals surface area contributed by atoms with Crippen molar-refractivity contribution in [1.82, 2.24) is 0 Å². The summed E-state index contributed by atoms with van der Waals surface area (Å²) in [4.78, 5) is 0. The third kappa shape index (κ3) is 3.40. The molecule has 0 saturated heterocycles. The van der Waals surface area contributed by atoms with E-state index in [1.165, 1.54) is 0 Å². The molecule has 13 heavy (non-hydrogen) atoms. The van der Waals surface area contributed by atoms with Crippen LogP contribution in [0.5, 0.6) is 0 Å². The van der Waals surface area contributed by atoms with Gasteiger partial charge in [-0.05, 0) is 17.6 Å². The number of benzene rings is 1. The highest BCUT2D eigenvalue weighted by molar-refractivity contribution is 5.52. The highest BCUT2D eigenvalue weighted by Gasteiger charge is 1.94. The number of hydrogen-bond donors (Lipinski definition) is 2. The topological polar surface area (TPSA) is 40.5 Å². The van der Waals surface area contributed by atoms with Crippen LogP contribution in [0, 0.1) is 0 Å². The van der Waals surface area contributed by atoms with E-state index in [2.05, 4.69) is 0 Å². The highest BCUT2D eigenvalue weighted by Crippen LogP contribution is 2.08. The Morgan fingerprint density at radius 2 is 1.85 bits per heavy atom. The molecular weight excluding hydrogens is 164 g/mol. The van der Waals surface area contributed by atoms with Gasteiger partial charge in [-0.3, -0.25) is 0 Å². The fraction of sp³-hybridized carbons (Fsp3) is 0.273. The maximum atomic E-state index is 8.94. The monoisotopic (exact) mass is 178 g/mol. The van der Waals surface area contributed by atoms with Crippen molar-refractivity contribution in [2.45, 2.75) is 6.42 Å². The molecule has 0 radical (unpaired) electrons. The number of aliphatic hydroxyl groups is 2. The maximum absolute atomic E-state index is 8.94. The van der Waals surface area contributed by atoms with E-state index in [1.807, 2.05) is 36.4 Å². The average molecular weight is 178 g/mol. The smallest absolute Gasteiger partial charge is 0.0645 e. The van der Waals surface area contributed by atoms with Gasteiger partial charge in [0.1, 0.15) is 0 Å². The fourth-order valence-electron chi connectivity index (χ4n) is 1.13. The summed E-state index contributed by atoms with van der Waals surface area (Å²) in [5.41, 5.74) is 1.91. The molecule has 0 aromatic heterocycles. The summed E-state index contributed by atoms with van der Waals surface area (Å²) >= 11 is 0. The van der Waals surface area contributed by atoms with Crippen LogP contribution in [0.25, 0.3) is 6.08 Å². The van der Waals surface area contributed by atoms with Gasteiger partial charge in [-0.1, -0.05) is 36.4 Å². The summed E-state index contributed by atoms with van der Waals surface area (Å²) in [5.74, 6) is 0. The molecule has 2 nitrogen and oxygen atoms in total. The minimum atomic E-state index is 0.00938. The molecule has 0 spiro atoms. The van der Waals surface area contributed by atoms with E-state index in [1.54, 1.807) is 0 Å². The van der Waals surface area contributed by atoms with E-state index in [0.29, 0.717) is 6.42 Å². The molecule has 0 aliphatic carbocycles. The van der Waals surface area contributed by atoms with Crippen molar-refractivity contribution in [1.29, 1.82) is 0 Å². The van der Waals surface area contributed by atoms with Crippen molar-refractivity contribution in [3.8, 4) is 0 Å². The largest absolute Gasteiger partial charge is 0.396 e. The van der Waals surface area contributed by atoms with Gasteiger partial charge in [-0.2, -0.15) is 0 Å². The van der Waals surface area contributed by atoms with E-state index in [-0.39, 0.29) is 13.2 Å². The molecule has 1 aromatic carbocycles. The molecule has 1 aromatic rings. The first kappa shape index (κ1) is 9.96. The Morgan fingerprint density at radius 3 is 2.38 bits per heavy atom.